The SMILES string of the molecule is CC(CC(CCc1ccncc1)CC(C)c1ccccc1)C(=O)OC1C2CC3CC(C2)CC1C3. The van der Waals surface area contributed by atoms with E-state index in [4.69, 9.17) is 4.74 Å². The summed E-state index contributed by atoms with van der Waals surface area (Å²) in [5, 5.41) is 0. The van der Waals surface area contributed by atoms with Gasteiger partial charge in [0.1, 0.15) is 6.10 Å². The van der Waals surface area contributed by atoms with E-state index in [2.05, 4.69) is 61.3 Å². The maximum atomic E-state index is 13.3. The Hall–Kier alpha value is -2.16. The second-order valence-corrected chi connectivity index (χ2v) is 11.8. The number of ether oxygens (including phenoxy) is 1. The van der Waals surface area contributed by atoms with Gasteiger partial charge in [-0.2, -0.15) is 0 Å². The molecule has 3 atom stereocenters. The number of aryl methyl sites for hydroxylation is 1. The molecular weight excluding hydrogens is 418 g/mol. The first-order valence-corrected chi connectivity index (χ1v) is 13.7. The molecule has 0 saturated heterocycles. The van der Waals surface area contributed by atoms with Crippen molar-refractivity contribution in [2.24, 2.45) is 35.5 Å². The number of hydrogen-bond acceptors (Lipinski definition) is 3. The number of carbonyl (C=O) groups excluding carboxylic acids is 1. The van der Waals surface area contributed by atoms with E-state index in [0.29, 0.717) is 23.7 Å². The molecule has 1 aromatic carbocycles. The van der Waals surface area contributed by atoms with Crippen molar-refractivity contribution in [3.8, 4) is 0 Å². The zero-order valence-corrected chi connectivity index (χ0v) is 20.9. The summed E-state index contributed by atoms with van der Waals surface area (Å²) in [6.45, 7) is 4.43. The van der Waals surface area contributed by atoms with Crippen LogP contribution in [0.15, 0.2) is 54.9 Å². The lowest BCUT2D eigenvalue weighted by Gasteiger charge is -2.53. The van der Waals surface area contributed by atoms with E-state index in [-0.39, 0.29) is 18.0 Å². The number of hydrogen-bond donors (Lipinski definition) is 0. The van der Waals surface area contributed by atoms with Crippen LogP contribution >= 0.6 is 0 Å². The average Bonchev–Trinajstić information content (AvgIpc) is 2.85. The summed E-state index contributed by atoms with van der Waals surface area (Å²) in [4.78, 5) is 17.4. The number of pyridine rings is 1. The van der Waals surface area contributed by atoms with Gasteiger partial charge < -0.3 is 4.74 Å². The van der Waals surface area contributed by atoms with Crippen LogP contribution < -0.4 is 0 Å². The topological polar surface area (TPSA) is 39.2 Å². The van der Waals surface area contributed by atoms with Crippen LogP contribution in [0.3, 0.4) is 0 Å². The molecule has 0 radical (unpaired) electrons. The van der Waals surface area contributed by atoms with Crippen molar-refractivity contribution in [1.29, 1.82) is 0 Å². The number of esters is 1. The molecule has 6 rings (SSSR count). The predicted octanol–water partition coefficient (Wildman–Crippen LogP) is 7.22. The molecular formula is C31H41NO2. The molecule has 4 bridgehead atoms. The molecule has 4 saturated carbocycles. The largest absolute Gasteiger partial charge is 0.462 e. The average molecular weight is 460 g/mol. The van der Waals surface area contributed by atoms with Crippen molar-refractivity contribution in [1.82, 2.24) is 4.98 Å². The molecule has 3 heteroatoms. The Morgan fingerprint density at radius 3 is 2.21 bits per heavy atom. The minimum Gasteiger partial charge on any atom is -0.462 e. The third kappa shape index (κ3) is 5.56. The molecule has 4 aliphatic rings. The number of carbonyl (C=O) groups is 1. The molecule has 182 valence electrons. The molecule has 0 amide bonds. The maximum Gasteiger partial charge on any atom is 0.308 e. The minimum atomic E-state index is -0.0393. The Kier molecular flexibility index (Phi) is 7.37. The Balaban J connectivity index is 1.20. The van der Waals surface area contributed by atoms with E-state index in [9.17, 15) is 4.79 Å². The summed E-state index contributed by atoms with van der Waals surface area (Å²) in [5.74, 6) is 4.07. The summed E-state index contributed by atoms with van der Waals surface area (Å²) in [7, 11) is 0. The first-order valence-electron chi connectivity index (χ1n) is 13.7. The molecule has 1 aromatic heterocycles. The third-order valence-electron chi connectivity index (χ3n) is 9.13. The smallest absolute Gasteiger partial charge is 0.308 e. The van der Waals surface area contributed by atoms with Crippen LogP contribution in [0.2, 0.25) is 0 Å². The zero-order valence-electron chi connectivity index (χ0n) is 20.9. The molecule has 0 spiro atoms. The first kappa shape index (κ1) is 23.6. The van der Waals surface area contributed by atoms with Gasteiger partial charge in [-0.25, -0.2) is 0 Å². The number of nitrogens with zero attached hydrogens (tertiary/aromatic N) is 1. The maximum absolute atomic E-state index is 13.3. The van der Waals surface area contributed by atoms with E-state index >= 15 is 0 Å². The summed E-state index contributed by atoms with van der Waals surface area (Å²) in [6.07, 6.45) is 14.7. The van der Waals surface area contributed by atoms with E-state index < -0.39 is 0 Å². The zero-order chi connectivity index (χ0) is 23.5. The molecule has 4 aliphatic carbocycles. The van der Waals surface area contributed by atoms with Crippen LogP contribution in [0.5, 0.6) is 0 Å². The van der Waals surface area contributed by atoms with Gasteiger partial charge in [-0.3, -0.25) is 9.78 Å². The standard InChI is InChI=1S/C31H41NO2/c1-21(27-6-4-3-5-7-27)14-24(9-8-23-10-12-32-13-11-23)15-22(2)31(33)34-30-28-17-25-16-26(19-28)20-29(30)18-25/h3-7,10-13,21-22,24-26,28-30H,8-9,14-20H2,1-2H3. The normalized spacial score (nSPS) is 30.0. The number of rotatable bonds is 10. The van der Waals surface area contributed by atoms with Crippen molar-refractivity contribution in [2.45, 2.75) is 83.7 Å². The van der Waals surface area contributed by atoms with Gasteiger partial charge in [0.05, 0.1) is 5.92 Å². The Morgan fingerprint density at radius 1 is 0.912 bits per heavy atom. The fourth-order valence-corrected chi connectivity index (χ4v) is 7.58. The summed E-state index contributed by atoms with van der Waals surface area (Å²) in [6, 6.07) is 15.0. The lowest BCUT2D eigenvalue weighted by molar-refractivity contribution is -0.175. The summed E-state index contributed by atoms with van der Waals surface area (Å²) in [5.41, 5.74) is 2.72. The molecule has 3 nitrogen and oxygen atoms in total. The lowest BCUT2D eigenvalue weighted by Crippen LogP contribution is -2.50. The van der Waals surface area contributed by atoms with Crippen molar-refractivity contribution in [2.75, 3.05) is 0 Å². The van der Waals surface area contributed by atoms with Crippen LogP contribution in [-0.2, 0) is 16.0 Å². The second kappa shape index (κ2) is 10.6. The minimum absolute atomic E-state index is 0.0393. The van der Waals surface area contributed by atoms with Gasteiger partial charge in [-0.05, 0) is 117 Å². The summed E-state index contributed by atoms with van der Waals surface area (Å²) >= 11 is 0. The molecule has 1 heterocycles. The molecule has 2 aromatic rings. The fraction of sp³-hybridized carbons (Fsp3) is 0.613. The van der Waals surface area contributed by atoms with Crippen LogP contribution in [0.4, 0.5) is 0 Å². The number of benzene rings is 1. The molecule has 0 aliphatic heterocycles. The van der Waals surface area contributed by atoms with Crippen molar-refractivity contribution in [3.05, 3.63) is 66.0 Å². The second-order valence-electron chi connectivity index (χ2n) is 11.8. The van der Waals surface area contributed by atoms with Gasteiger partial charge in [0.2, 0.25) is 0 Å². The Labute approximate surface area is 205 Å². The van der Waals surface area contributed by atoms with Gasteiger partial charge in [0.25, 0.3) is 0 Å². The van der Waals surface area contributed by atoms with E-state index in [1.165, 1.54) is 43.2 Å². The highest BCUT2D eigenvalue weighted by Gasteiger charge is 2.50. The third-order valence-corrected chi connectivity index (χ3v) is 9.13. The van der Waals surface area contributed by atoms with Gasteiger partial charge in [0, 0.05) is 12.4 Å². The quantitative estimate of drug-likeness (QED) is 0.352. The van der Waals surface area contributed by atoms with Gasteiger partial charge >= 0.3 is 5.97 Å². The molecule has 3 unspecified atom stereocenters. The monoisotopic (exact) mass is 459 g/mol. The van der Waals surface area contributed by atoms with Gasteiger partial charge in [-0.15, -0.1) is 0 Å². The fourth-order valence-electron chi connectivity index (χ4n) is 7.58. The van der Waals surface area contributed by atoms with Crippen molar-refractivity contribution >= 4 is 5.97 Å². The van der Waals surface area contributed by atoms with Gasteiger partial charge in [-0.1, -0.05) is 44.2 Å². The van der Waals surface area contributed by atoms with Gasteiger partial charge in [0.15, 0.2) is 0 Å². The Morgan fingerprint density at radius 2 is 1.56 bits per heavy atom. The van der Waals surface area contributed by atoms with E-state index in [1.807, 2.05) is 12.4 Å². The van der Waals surface area contributed by atoms with E-state index in [0.717, 1.165) is 37.5 Å². The van der Waals surface area contributed by atoms with Crippen LogP contribution in [0.1, 0.15) is 82.3 Å². The molecule has 4 fully saturated rings. The first-order chi connectivity index (χ1) is 16.5. The summed E-state index contributed by atoms with van der Waals surface area (Å²) < 4.78 is 6.30. The molecule has 0 N–H and O–H groups in total. The highest BCUT2D eigenvalue weighted by atomic mass is 16.5. The highest BCUT2D eigenvalue weighted by molar-refractivity contribution is 5.72. The highest BCUT2D eigenvalue weighted by Crippen LogP contribution is 2.54. The van der Waals surface area contributed by atoms with Crippen LogP contribution in [0, 0.1) is 35.5 Å². The van der Waals surface area contributed by atoms with Crippen molar-refractivity contribution in [3.63, 3.8) is 0 Å². The van der Waals surface area contributed by atoms with Crippen molar-refractivity contribution < 1.29 is 9.53 Å². The lowest BCUT2D eigenvalue weighted by atomic mass is 9.55. The van der Waals surface area contributed by atoms with Crippen LogP contribution in [0.25, 0.3) is 0 Å². The van der Waals surface area contributed by atoms with Crippen LogP contribution in [-0.4, -0.2) is 17.1 Å². The Bertz CT molecular complexity index is 899. The molecule has 34 heavy (non-hydrogen) atoms. The predicted molar refractivity (Wildman–Crippen MR) is 136 cm³/mol. The van der Waals surface area contributed by atoms with E-state index in [1.54, 1.807) is 0 Å². The number of aromatic nitrogens is 1.